The van der Waals surface area contributed by atoms with Crippen LogP contribution in [0.25, 0.3) is 0 Å². The SMILES string of the molecule is CCOc1ccc([SiH]([SiH3])[SiH](c2ccc(OCC)cc2)c2ccc(OCC)cc2)cc1. The molecule has 1 atom stereocenters. The molecule has 0 saturated carbocycles. The van der Waals surface area contributed by atoms with Crippen LogP contribution in [-0.4, -0.2) is 45.7 Å². The quantitative estimate of drug-likeness (QED) is 0.434. The first-order valence-electron chi connectivity index (χ1n) is 10.8. The normalized spacial score (nSPS) is 12.0. The maximum atomic E-state index is 5.68. The fraction of sp³-hybridized carbons (Fsp3) is 0.250. The molecule has 3 aromatic rings. The maximum absolute atomic E-state index is 5.68. The van der Waals surface area contributed by atoms with Gasteiger partial charge in [-0.3, -0.25) is 0 Å². The predicted octanol–water partition coefficient (Wildman–Crippen LogP) is 1.30. The molecule has 0 saturated heterocycles. The average Bonchev–Trinajstić information content (AvgIpc) is 2.77. The summed E-state index contributed by atoms with van der Waals surface area (Å²) in [5.74, 6) is 2.87. The van der Waals surface area contributed by atoms with Gasteiger partial charge in [-0.05, 0) is 66.9 Å². The van der Waals surface area contributed by atoms with Gasteiger partial charge >= 0.3 is 0 Å². The smallest absolute Gasteiger partial charge is 0.119 e. The first-order valence-corrected chi connectivity index (χ1v) is 19.9. The van der Waals surface area contributed by atoms with Crippen molar-refractivity contribution in [2.75, 3.05) is 19.8 Å². The Morgan fingerprint density at radius 2 is 0.833 bits per heavy atom. The lowest BCUT2D eigenvalue weighted by Crippen LogP contribution is -2.60. The molecule has 158 valence electrons. The number of benzene rings is 3. The third kappa shape index (κ3) is 5.65. The van der Waals surface area contributed by atoms with Gasteiger partial charge in [0.15, 0.2) is 0 Å². The van der Waals surface area contributed by atoms with Crippen molar-refractivity contribution < 1.29 is 14.2 Å². The number of hydrogen-bond donors (Lipinski definition) is 0. The van der Waals surface area contributed by atoms with Gasteiger partial charge in [0.1, 0.15) is 17.2 Å². The van der Waals surface area contributed by atoms with Crippen LogP contribution in [0, 0.1) is 0 Å². The van der Waals surface area contributed by atoms with E-state index in [2.05, 4.69) is 72.8 Å². The molecular weight excluding hydrogens is 421 g/mol. The highest BCUT2D eigenvalue weighted by Crippen LogP contribution is 2.12. The molecule has 0 aromatic heterocycles. The first-order chi connectivity index (χ1) is 14.7. The van der Waals surface area contributed by atoms with Gasteiger partial charge in [0.25, 0.3) is 0 Å². The van der Waals surface area contributed by atoms with Crippen molar-refractivity contribution in [2.24, 2.45) is 0 Å². The highest BCUT2D eigenvalue weighted by Gasteiger charge is 2.26. The van der Waals surface area contributed by atoms with Crippen LogP contribution in [0.3, 0.4) is 0 Å². The van der Waals surface area contributed by atoms with Crippen molar-refractivity contribution in [2.45, 2.75) is 20.8 Å². The van der Waals surface area contributed by atoms with Gasteiger partial charge in [0.2, 0.25) is 0 Å². The predicted molar refractivity (Wildman–Crippen MR) is 136 cm³/mol. The van der Waals surface area contributed by atoms with E-state index in [0.717, 1.165) is 17.2 Å². The maximum Gasteiger partial charge on any atom is 0.119 e. The molecule has 0 heterocycles. The minimum absolute atomic E-state index is 0.698. The summed E-state index contributed by atoms with van der Waals surface area (Å²) in [5.41, 5.74) is 0. The highest BCUT2D eigenvalue weighted by molar-refractivity contribution is 7.52. The molecule has 0 radical (unpaired) electrons. The molecule has 1 unspecified atom stereocenters. The third-order valence-electron chi connectivity index (χ3n) is 5.32. The van der Waals surface area contributed by atoms with E-state index in [9.17, 15) is 0 Å². The van der Waals surface area contributed by atoms with Crippen LogP contribution in [0.2, 0.25) is 0 Å². The minimum atomic E-state index is -1.34. The van der Waals surface area contributed by atoms with E-state index >= 15 is 0 Å². The summed E-state index contributed by atoms with van der Waals surface area (Å²) >= 11 is 0. The second kappa shape index (κ2) is 11.2. The second-order valence-corrected chi connectivity index (χ2v) is 24.5. The first kappa shape index (κ1) is 22.4. The van der Waals surface area contributed by atoms with E-state index in [4.69, 9.17) is 14.2 Å². The lowest BCUT2D eigenvalue weighted by Gasteiger charge is -2.24. The zero-order valence-electron chi connectivity index (χ0n) is 18.4. The molecule has 0 aliphatic carbocycles. The van der Waals surface area contributed by atoms with Crippen LogP contribution in [0.4, 0.5) is 0 Å². The molecule has 0 spiro atoms. The molecule has 6 heteroatoms. The summed E-state index contributed by atoms with van der Waals surface area (Å²) in [6.07, 6.45) is 0. The number of hydrogen-bond acceptors (Lipinski definition) is 3. The van der Waals surface area contributed by atoms with Crippen LogP contribution in [0.15, 0.2) is 72.8 Å². The Kier molecular flexibility index (Phi) is 8.36. The molecule has 0 fully saturated rings. The lowest BCUT2D eigenvalue weighted by atomic mass is 10.3. The zero-order valence-corrected chi connectivity index (χ0v) is 22.7. The van der Waals surface area contributed by atoms with Crippen LogP contribution in [0.1, 0.15) is 20.8 Å². The summed E-state index contributed by atoms with van der Waals surface area (Å²) in [5, 5.41) is 4.55. The van der Waals surface area contributed by atoms with E-state index in [1.807, 2.05) is 20.8 Å². The molecule has 3 nitrogen and oxygen atoms in total. The Balaban J connectivity index is 1.95. The summed E-state index contributed by atoms with van der Waals surface area (Å²) in [7, 11) is -1.20. The molecule has 0 aliphatic rings. The van der Waals surface area contributed by atoms with Crippen LogP contribution >= 0.6 is 0 Å². The molecule has 0 aliphatic heterocycles. The van der Waals surface area contributed by atoms with Crippen molar-refractivity contribution in [1.29, 1.82) is 0 Å². The van der Waals surface area contributed by atoms with Crippen molar-refractivity contribution in [1.82, 2.24) is 0 Å². The summed E-state index contributed by atoms with van der Waals surface area (Å²) in [4.78, 5) is 0. The summed E-state index contributed by atoms with van der Waals surface area (Å²) in [6.45, 7) is 8.18. The fourth-order valence-corrected chi connectivity index (χ4v) is 22.5. The Hall–Kier alpha value is -2.29. The van der Waals surface area contributed by atoms with Crippen molar-refractivity contribution >= 4 is 41.5 Å². The molecule has 30 heavy (non-hydrogen) atoms. The van der Waals surface area contributed by atoms with E-state index in [0.29, 0.717) is 19.8 Å². The van der Waals surface area contributed by atoms with Crippen molar-refractivity contribution in [3.8, 4) is 17.2 Å². The Labute approximate surface area is 186 Å². The van der Waals surface area contributed by atoms with Gasteiger partial charge in [-0.2, -0.15) is 0 Å². The van der Waals surface area contributed by atoms with Crippen LogP contribution in [0.5, 0.6) is 17.2 Å². The average molecular weight is 453 g/mol. The molecule has 0 N–H and O–H groups in total. The van der Waals surface area contributed by atoms with Gasteiger partial charge < -0.3 is 14.2 Å². The van der Waals surface area contributed by atoms with E-state index in [1.165, 1.54) is 20.1 Å². The van der Waals surface area contributed by atoms with Gasteiger partial charge in [0, 0.05) is 0 Å². The van der Waals surface area contributed by atoms with Gasteiger partial charge in [-0.25, -0.2) is 0 Å². The van der Waals surface area contributed by atoms with Crippen molar-refractivity contribution in [3.63, 3.8) is 0 Å². The molecule has 0 bridgehead atoms. The third-order valence-corrected chi connectivity index (χ3v) is 24.4. The van der Waals surface area contributed by atoms with E-state index in [1.54, 1.807) is 5.19 Å². The number of ether oxygens (including phenoxy) is 3. The molecular formula is C24H32O3Si3. The summed E-state index contributed by atoms with van der Waals surface area (Å²) in [6, 6.07) is 26.6. The van der Waals surface area contributed by atoms with Crippen LogP contribution < -0.4 is 29.8 Å². The molecule has 3 aromatic carbocycles. The second-order valence-electron chi connectivity index (χ2n) is 7.27. The van der Waals surface area contributed by atoms with Crippen LogP contribution in [-0.2, 0) is 0 Å². The number of rotatable bonds is 10. The zero-order chi connectivity index (χ0) is 21.3. The standard InChI is InChI=1S/C24H32O3Si3/c1-4-25-19-7-13-22(14-8-19)29(23-15-9-20(10-16-23)26-5-2)30(28)24-17-11-21(12-18-24)27-6-3/h7-18,29-30H,4-6H2,1-3,28H3. The Morgan fingerprint density at radius 1 is 0.533 bits per heavy atom. The fourth-order valence-electron chi connectivity index (χ4n) is 3.87. The minimum Gasteiger partial charge on any atom is -0.494 e. The topological polar surface area (TPSA) is 27.7 Å². The molecule has 3 rings (SSSR count). The largest absolute Gasteiger partial charge is 0.494 e. The van der Waals surface area contributed by atoms with E-state index < -0.39 is 16.1 Å². The van der Waals surface area contributed by atoms with Gasteiger partial charge in [-0.1, -0.05) is 52.0 Å². The molecule has 0 amide bonds. The Morgan fingerprint density at radius 3 is 1.13 bits per heavy atom. The van der Waals surface area contributed by atoms with Gasteiger partial charge in [-0.15, -0.1) is 0 Å². The van der Waals surface area contributed by atoms with E-state index in [-0.39, 0.29) is 0 Å². The monoisotopic (exact) mass is 452 g/mol. The Bertz CT molecular complexity index is 847. The summed E-state index contributed by atoms with van der Waals surface area (Å²) < 4.78 is 17.0. The van der Waals surface area contributed by atoms with Crippen molar-refractivity contribution in [3.05, 3.63) is 72.8 Å². The van der Waals surface area contributed by atoms with Gasteiger partial charge in [0.05, 0.1) is 36.0 Å². The highest BCUT2D eigenvalue weighted by atomic mass is 29.6. The lowest BCUT2D eigenvalue weighted by molar-refractivity contribution is 0.340.